The van der Waals surface area contributed by atoms with E-state index in [1.165, 1.54) is 12.3 Å². The van der Waals surface area contributed by atoms with Crippen molar-refractivity contribution >= 4 is 29.3 Å². The second-order valence-electron chi connectivity index (χ2n) is 7.44. The Morgan fingerprint density at radius 3 is 2.50 bits per heavy atom. The molecule has 0 radical (unpaired) electrons. The Hall–Kier alpha value is -4.30. The average molecular weight is 477 g/mol. The second kappa shape index (κ2) is 10.1. The van der Waals surface area contributed by atoms with Gasteiger partial charge in [0.2, 0.25) is 0 Å². The fourth-order valence-corrected chi connectivity index (χ4v) is 3.39. The van der Waals surface area contributed by atoms with Gasteiger partial charge in [0.1, 0.15) is 11.5 Å². The Labute approximate surface area is 200 Å². The number of rotatable bonds is 7. The van der Waals surface area contributed by atoms with E-state index in [9.17, 15) is 9.59 Å². The molecule has 0 aliphatic rings. The number of carboxylic acid groups (broad SMARTS) is 1. The van der Waals surface area contributed by atoms with Crippen LogP contribution in [0.25, 0.3) is 5.69 Å². The van der Waals surface area contributed by atoms with Crippen LogP contribution in [0.5, 0.6) is 11.5 Å². The van der Waals surface area contributed by atoms with E-state index in [0.29, 0.717) is 28.8 Å². The molecule has 0 saturated heterocycles. The number of hydrogen-bond acceptors (Lipinski definition) is 4. The van der Waals surface area contributed by atoms with Crippen LogP contribution in [0.1, 0.15) is 21.6 Å². The lowest BCUT2D eigenvalue weighted by Crippen LogP contribution is -2.28. The number of carboxylic acids is 1. The number of nitrogens with zero attached hydrogens (tertiary/aromatic N) is 2. The van der Waals surface area contributed by atoms with Gasteiger partial charge in [-0.05, 0) is 60.5 Å². The largest absolute Gasteiger partial charge is 0.477 e. The molecule has 172 valence electrons. The summed E-state index contributed by atoms with van der Waals surface area (Å²) in [4.78, 5) is 27.4. The van der Waals surface area contributed by atoms with Gasteiger partial charge in [0.05, 0.1) is 11.4 Å². The standard InChI is InChI=1S/C25H21ClN4O4/c1-16-12-21(23(14-20(16)26)30-10-2-3-11-30)29-25(33)28-15-17-4-6-18(7-5-17)34-19-8-9-27-22(13-19)24(31)32/h2-14H,15H2,1H3,(H,31,32)(H2,28,29,33). The van der Waals surface area contributed by atoms with E-state index >= 15 is 0 Å². The van der Waals surface area contributed by atoms with Crippen LogP contribution in [0.4, 0.5) is 10.5 Å². The number of aryl methyl sites for hydroxylation is 1. The molecule has 2 heterocycles. The number of ether oxygens (including phenoxy) is 1. The van der Waals surface area contributed by atoms with Crippen molar-refractivity contribution in [2.45, 2.75) is 13.5 Å². The number of halogens is 1. The Balaban J connectivity index is 1.37. The van der Waals surface area contributed by atoms with Crippen LogP contribution in [-0.4, -0.2) is 26.7 Å². The van der Waals surface area contributed by atoms with Gasteiger partial charge < -0.3 is 25.0 Å². The molecule has 34 heavy (non-hydrogen) atoms. The molecule has 0 spiro atoms. The predicted octanol–water partition coefficient (Wildman–Crippen LogP) is 5.65. The summed E-state index contributed by atoms with van der Waals surface area (Å²) in [5, 5.41) is 15.4. The Morgan fingerprint density at radius 1 is 1.06 bits per heavy atom. The lowest BCUT2D eigenvalue weighted by Gasteiger charge is -2.15. The first-order chi connectivity index (χ1) is 16.4. The zero-order valence-corrected chi connectivity index (χ0v) is 18.9. The summed E-state index contributed by atoms with van der Waals surface area (Å²) in [5.74, 6) is -0.224. The first kappa shape index (κ1) is 22.9. The van der Waals surface area contributed by atoms with Gasteiger partial charge in [-0.3, -0.25) is 0 Å². The molecule has 0 bridgehead atoms. The van der Waals surface area contributed by atoms with E-state index in [4.69, 9.17) is 21.4 Å². The number of urea groups is 1. The topological polar surface area (TPSA) is 105 Å². The second-order valence-corrected chi connectivity index (χ2v) is 7.85. The van der Waals surface area contributed by atoms with Gasteiger partial charge in [-0.15, -0.1) is 0 Å². The van der Waals surface area contributed by atoms with Crippen LogP contribution in [0.3, 0.4) is 0 Å². The number of carbonyl (C=O) groups excluding carboxylic acids is 1. The summed E-state index contributed by atoms with van der Waals surface area (Å²) in [6, 6.07) is 17.1. The summed E-state index contributed by atoms with van der Waals surface area (Å²) >= 11 is 6.28. The number of carbonyl (C=O) groups is 2. The number of aromatic nitrogens is 2. The lowest BCUT2D eigenvalue weighted by atomic mass is 10.2. The highest BCUT2D eigenvalue weighted by atomic mass is 35.5. The van der Waals surface area contributed by atoms with Crippen LogP contribution >= 0.6 is 11.6 Å². The Kier molecular flexibility index (Phi) is 6.79. The highest BCUT2D eigenvalue weighted by Crippen LogP contribution is 2.28. The third kappa shape index (κ3) is 5.54. The van der Waals surface area contributed by atoms with Crippen molar-refractivity contribution in [1.82, 2.24) is 14.9 Å². The SMILES string of the molecule is Cc1cc(NC(=O)NCc2ccc(Oc3ccnc(C(=O)O)c3)cc2)c(-n2cccc2)cc1Cl. The first-order valence-electron chi connectivity index (χ1n) is 10.3. The lowest BCUT2D eigenvalue weighted by molar-refractivity contribution is 0.0690. The van der Waals surface area contributed by atoms with Gasteiger partial charge in [-0.1, -0.05) is 23.7 Å². The zero-order valence-electron chi connectivity index (χ0n) is 18.2. The van der Waals surface area contributed by atoms with Crippen molar-refractivity contribution in [1.29, 1.82) is 0 Å². The molecule has 2 amide bonds. The molecule has 4 aromatic rings. The number of hydrogen-bond donors (Lipinski definition) is 3. The van der Waals surface area contributed by atoms with Gasteiger partial charge in [0.25, 0.3) is 0 Å². The molecular formula is C25H21ClN4O4. The van der Waals surface area contributed by atoms with E-state index < -0.39 is 5.97 Å². The van der Waals surface area contributed by atoms with Crippen LogP contribution in [0, 0.1) is 6.92 Å². The van der Waals surface area contributed by atoms with Crippen molar-refractivity contribution < 1.29 is 19.4 Å². The van der Waals surface area contributed by atoms with Gasteiger partial charge in [-0.2, -0.15) is 0 Å². The monoisotopic (exact) mass is 476 g/mol. The van der Waals surface area contributed by atoms with Gasteiger partial charge in [0, 0.05) is 36.2 Å². The maximum Gasteiger partial charge on any atom is 0.354 e. The van der Waals surface area contributed by atoms with Gasteiger partial charge >= 0.3 is 12.0 Å². The minimum atomic E-state index is -1.13. The molecule has 0 unspecified atom stereocenters. The van der Waals surface area contributed by atoms with Crippen molar-refractivity contribution in [3.8, 4) is 17.2 Å². The van der Waals surface area contributed by atoms with Gasteiger partial charge in [0.15, 0.2) is 5.69 Å². The van der Waals surface area contributed by atoms with Crippen molar-refractivity contribution in [2.24, 2.45) is 0 Å². The van der Waals surface area contributed by atoms with Crippen LogP contribution < -0.4 is 15.4 Å². The van der Waals surface area contributed by atoms with Crippen molar-refractivity contribution in [2.75, 3.05) is 5.32 Å². The minimum Gasteiger partial charge on any atom is -0.477 e. The average Bonchev–Trinajstić information content (AvgIpc) is 3.36. The fraction of sp³-hybridized carbons (Fsp3) is 0.0800. The molecule has 2 aromatic heterocycles. The summed E-state index contributed by atoms with van der Waals surface area (Å²) in [5.41, 5.74) is 3.02. The fourth-order valence-electron chi connectivity index (χ4n) is 3.23. The van der Waals surface area contributed by atoms with E-state index in [2.05, 4.69) is 15.6 Å². The summed E-state index contributed by atoms with van der Waals surface area (Å²) in [6.07, 6.45) is 5.13. The molecule has 9 heteroatoms. The Morgan fingerprint density at radius 2 is 1.79 bits per heavy atom. The maximum atomic E-state index is 12.6. The predicted molar refractivity (Wildman–Crippen MR) is 129 cm³/mol. The molecule has 8 nitrogen and oxygen atoms in total. The number of benzene rings is 2. The van der Waals surface area contributed by atoms with Crippen LogP contribution in [0.15, 0.2) is 79.3 Å². The molecular weight excluding hydrogens is 456 g/mol. The van der Waals surface area contributed by atoms with Crippen molar-refractivity contribution in [3.63, 3.8) is 0 Å². The number of aromatic carboxylic acids is 1. The van der Waals surface area contributed by atoms with Crippen LogP contribution in [0.2, 0.25) is 5.02 Å². The first-order valence-corrected chi connectivity index (χ1v) is 10.7. The smallest absolute Gasteiger partial charge is 0.354 e. The molecule has 0 aliphatic carbocycles. The quantitative estimate of drug-likeness (QED) is 0.320. The van der Waals surface area contributed by atoms with E-state index in [-0.39, 0.29) is 11.7 Å². The van der Waals surface area contributed by atoms with E-state index in [1.54, 1.807) is 18.2 Å². The third-order valence-electron chi connectivity index (χ3n) is 4.97. The molecule has 0 aliphatic heterocycles. The highest BCUT2D eigenvalue weighted by Gasteiger charge is 2.11. The van der Waals surface area contributed by atoms with Crippen LogP contribution in [-0.2, 0) is 6.54 Å². The minimum absolute atomic E-state index is 0.0971. The van der Waals surface area contributed by atoms with Gasteiger partial charge in [-0.25, -0.2) is 14.6 Å². The Bertz CT molecular complexity index is 1320. The molecule has 4 rings (SSSR count). The summed E-state index contributed by atoms with van der Waals surface area (Å²) in [7, 11) is 0. The number of anilines is 1. The zero-order chi connectivity index (χ0) is 24.1. The van der Waals surface area contributed by atoms with E-state index in [0.717, 1.165) is 16.8 Å². The van der Waals surface area contributed by atoms with Crippen molar-refractivity contribution in [3.05, 3.63) is 101 Å². The summed E-state index contributed by atoms with van der Waals surface area (Å²) in [6.45, 7) is 2.18. The van der Waals surface area contributed by atoms with E-state index in [1.807, 2.05) is 60.3 Å². The molecule has 3 N–H and O–H groups in total. The maximum absolute atomic E-state index is 12.6. The molecule has 0 fully saturated rings. The molecule has 2 aromatic carbocycles. The number of nitrogens with one attached hydrogen (secondary N) is 2. The highest BCUT2D eigenvalue weighted by molar-refractivity contribution is 6.31. The number of pyridine rings is 1. The molecule has 0 saturated carbocycles. The molecule has 0 atom stereocenters. The normalized spacial score (nSPS) is 10.5. The third-order valence-corrected chi connectivity index (χ3v) is 5.38. The summed E-state index contributed by atoms with van der Waals surface area (Å²) < 4.78 is 7.56. The number of amides is 2.